The first kappa shape index (κ1) is 16.7. The number of ether oxygens (including phenoxy) is 1. The molecule has 0 aromatic heterocycles. The highest BCUT2D eigenvalue weighted by Crippen LogP contribution is 2.51. The third-order valence-corrected chi connectivity index (χ3v) is 5.98. The minimum absolute atomic E-state index is 0.314. The minimum Gasteiger partial charge on any atom is -0.377 e. The van der Waals surface area contributed by atoms with E-state index in [1.165, 1.54) is 25.9 Å². The van der Waals surface area contributed by atoms with Crippen molar-refractivity contribution in [1.82, 2.24) is 9.80 Å². The maximum absolute atomic E-state index is 13.2. The number of piperidine rings is 1. The lowest BCUT2D eigenvalue weighted by molar-refractivity contribution is -0.175. The summed E-state index contributed by atoms with van der Waals surface area (Å²) in [5.41, 5.74) is 0.877. The summed E-state index contributed by atoms with van der Waals surface area (Å²) in [4.78, 5) is 4.96. The van der Waals surface area contributed by atoms with E-state index in [0.29, 0.717) is 35.9 Å². The van der Waals surface area contributed by atoms with Gasteiger partial charge in [0.15, 0.2) is 0 Å². The van der Waals surface area contributed by atoms with Crippen LogP contribution in [0.4, 0.5) is 4.39 Å². The Morgan fingerprint density at radius 2 is 1.77 bits per heavy atom. The van der Waals surface area contributed by atoms with Crippen LogP contribution in [0.25, 0.3) is 0 Å². The lowest BCUT2D eigenvalue weighted by atomic mass is 9.61. The number of hydrogen-bond acceptors (Lipinski definition) is 3. The van der Waals surface area contributed by atoms with E-state index in [4.69, 9.17) is 4.74 Å². The second kappa shape index (κ2) is 6.03. The molecule has 3 aliphatic rings. The van der Waals surface area contributed by atoms with E-state index < -0.39 is 6.17 Å². The first-order valence-electron chi connectivity index (χ1n) is 9.02. The maximum Gasteiger partial charge on any atom is 0.103 e. The second-order valence-electron chi connectivity index (χ2n) is 8.95. The van der Waals surface area contributed by atoms with E-state index in [1.807, 2.05) is 0 Å². The number of rotatable bonds is 4. The number of nitrogens with zero attached hydrogens (tertiary/aromatic N) is 2. The van der Waals surface area contributed by atoms with Crippen molar-refractivity contribution in [3.8, 4) is 0 Å². The normalized spacial score (nSPS) is 29.3. The minimum atomic E-state index is -0.583. The summed E-state index contributed by atoms with van der Waals surface area (Å²) in [6.07, 6.45) is 3.74. The van der Waals surface area contributed by atoms with Crippen molar-refractivity contribution in [3.05, 3.63) is 0 Å². The summed E-state index contributed by atoms with van der Waals surface area (Å²) >= 11 is 0. The Morgan fingerprint density at radius 1 is 1.18 bits per heavy atom. The van der Waals surface area contributed by atoms with Crippen LogP contribution in [0.1, 0.15) is 53.4 Å². The van der Waals surface area contributed by atoms with Gasteiger partial charge in [0.25, 0.3) is 0 Å². The topological polar surface area (TPSA) is 15.7 Å². The molecule has 1 spiro atoms. The Kier molecular flexibility index (Phi) is 4.56. The van der Waals surface area contributed by atoms with Gasteiger partial charge in [-0.25, -0.2) is 4.39 Å². The van der Waals surface area contributed by atoms with Crippen LogP contribution in [0.3, 0.4) is 0 Å². The quantitative estimate of drug-likeness (QED) is 0.793. The molecule has 3 rings (SSSR count). The first-order chi connectivity index (χ1) is 10.3. The molecule has 22 heavy (non-hydrogen) atoms. The second-order valence-corrected chi connectivity index (χ2v) is 8.95. The largest absolute Gasteiger partial charge is 0.377 e. The lowest BCUT2D eigenvalue weighted by Crippen LogP contribution is -2.68. The van der Waals surface area contributed by atoms with E-state index in [2.05, 4.69) is 37.5 Å². The van der Waals surface area contributed by atoms with E-state index >= 15 is 0 Å². The zero-order valence-corrected chi connectivity index (χ0v) is 14.8. The highest BCUT2D eigenvalue weighted by molar-refractivity contribution is 5.07. The average molecular weight is 312 g/mol. The first-order valence-corrected chi connectivity index (χ1v) is 9.02. The van der Waals surface area contributed by atoms with Gasteiger partial charge in [0.1, 0.15) is 6.17 Å². The molecule has 2 heterocycles. The molecule has 0 radical (unpaired) electrons. The highest BCUT2D eigenvalue weighted by atomic mass is 19.1. The average Bonchev–Trinajstić information content (AvgIpc) is 2.34. The van der Waals surface area contributed by atoms with Crippen molar-refractivity contribution in [3.63, 3.8) is 0 Å². The van der Waals surface area contributed by atoms with Gasteiger partial charge in [-0.15, -0.1) is 0 Å². The van der Waals surface area contributed by atoms with E-state index in [-0.39, 0.29) is 0 Å². The summed E-state index contributed by atoms with van der Waals surface area (Å²) in [6.45, 7) is 14.2. The molecule has 1 atom stereocenters. The Labute approximate surface area is 135 Å². The van der Waals surface area contributed by atoms with Gasteiger partial charge in [0.05, 0.1) is 12.7 Å². The van der Waals surface area contributed by atoms with Crippen LogP contribution in [-0.2, 0) is 4.74 Å². The summed E-state index contributed by atoms with van der Waals surface area (Å²) in [5.74, 6) is 0. The van der Waals surface area contributed by atoms with Crippen LogP contribution in [-0.4, -0.2) is 66.4 Å². The fourth-order valence-electron chi connectivity index (χ4n) is 4.21. The van der Waals surface area contributed by atoms with E-state index in [9.17, 15) is 4.39 Å². The molecular weight excluding hydrogens is 279 g/mol. The smallest absolute Gasteiger partial charge is 0.103 e. The molecule has 128 valence electrons. The predicted octanol–water partition coefficient (Wildman–Crippen LogP) is 3.09. The summed E-state index contributed by atoms with van der Waals surface area (Å²) in [5, 5.41) is 0. The monoisotopic (exact) mass is 312 g/mol. The third-order valence-electron chi connectivity index (χ3n) is 5.98. The Morgan fingerprint density at radius 3 is 2.32 bits per heavy atom. The molecular formula is C18H33FN2O. The van der Waals surface area contributed by atoms with Crippen molar-refractivity contribution in [1.29, 1.82) is 0 Å². The zero-order valence-electron chi connectivity index (χ0n) is 14.8. The van der Waals surface area contributed by atoms with Gasteiger partial charge >= 0.3 is 0 Å². The summed E-state index contributed by atoms with van der Waals surface area (Å²) in [6, 6.07) is 0.427. The molecule has 0 aromatic carbocycles. The molecule has 1 saturated carbocycles. The summed E-state index contributed by atoms with van der Waals surface area (Å²) in [7, 11) is 0. The fraction of sp³-hybridized carbons (Fsp3) is 1.00. The van der Waals surface area contributed by atoms with Crippen LogP contribution < -0.4 is 0 Å². The molecule has 2 saturated heterocycles. The maximum atomic E-state index is 13.2. The molecule has 0 bridgehead atoms. The lowest BCUT2D eigenvalue weighted by Gasteiger charge is -2.62. The van der Waals surface area contributed by atoms with Crippen molar-refractivity contribution >= 4 is 0 Å². The molecule has 0 N–H and O–H groups in total. The van der Waals surface area contributed by atoms with E-state index in [0.717, 1.165) is 19.7 Å². The molecule has 2 aliphatic heterocycles. The Bertz CT molecular complexity index is 373. The van der Waals surface area contributed by atoms with Gasteiger partial charge in [-0.2, -0.15) is 0 Å². The zero-order chi connectivity index (χ0) is 16.0. The van der Waals surface area contributed by atoms with Gasteiger partial charge in [-0.1, -0.05) is 0 Å². The van der Waals surface area contributed by atoms with Crippen LogP contribution in [0.2, 0.25) is 0 Å². The van der Waals surface area contributed by atoms with Crippen molar-refractivity contribution in [2.45, 2.75) is 77.2 Å². The predicted molar refractivity (Wildman–Crippen MR) is 87.9 cm³/mol. The molecule has 0 amide bonds. The van der Waals surface area contributed by atoms with Gasteiger partial charge in [0.2, 0.25) is 0 Å². The summed E-state index contributed by atoms with van der Waals surface area (Å²) < 4.78 is 19.3. The Hall–Kier alpha value is -0.190. The molecule has 3 nitrogen and oxygen atoms in total. The molecule has 0 aromatic rings. The fourth-order valence-corrected chi connectivity index (χ4v) is 4.21. The van der Waals surface area contributed by atoms with Gasteiger partial charge in [-0.05, 0) is 53.4 Å². The van der Waals surface area contributed by atoms with Gasteiger partial charge < -0.3 is 4.74 Å². The molecule has 1 unspecified atom stereocenters. The van der Waals surface area contributed by atoms with Crippen LogP contribution in [0.5, 0.6) is 0 Å². The molecule has 4 heteroatoms. The van der Waals surface area contributed by atoms with Crippen LogP contribution in [0.15, 0.2) is 0 Å². The van der Waals surface area contributed by atoms with Gasteiger partial charge in [0, 0.05) is 43.2 Å². The van der Waals surface area contributed by atoms with Gasteiger partial charge in [-0.3, -0.25) is 9.80 Å². The van der Waals surface area contributed by atoms with E-state index in [1.54, 1.807) is 0 Å². The Balaban J connectivity index is 1.32. The van der Waals surface area contributed by atoms with Crippen molar-refractivity contribution < 1.29 is 9.13 Å². The molecule has 1 aliphatic carbocycles. The SMILES string of the molecule is CC(COC1CC2(C1)CN(C(C)(C)C)C2)N1CCC(F)CC1. The standard InChI is InChI=1S/C18H33FN2O/c1-14(20-7-5-15(19)6-8-20)11-22-16-9-18(10-16)12-21(13-18)17(2,3)4/h14-16H,5-13H2,1-4H3. The van der Waals surface area contributed by atoms with Crippen molar-refractivity contribution in [2.24, 2.45) is 5.41 Å². The highest BCUT2D eigenvalue weighted by Gasteiger charge is 2.54. The number of alkyl halides is 1. The number of likely N-dealkylation sites (tertiary alicyclic amines) is 2. The van der Waals surface area contributed by atoms with Crippen molar-refractivity contribution in [2.75, 3.05) is 32.8 Å². The number of halogens is 1. The molecule has 3 fully saturated rings. The van der Waals surface area contributed by atoms with Crippen LogP contribution in [0, 0.1) is 5.41 Å². The third kappa shape index (κ3) is 3.49. The number of hydrogen-bond donors (Lipinski definition) is 0. The van der Waals surface area contributed by atoms with Crippen LogP contribution >= 0.6 is 0 Å².